The van der Waals surface area contributed by atoms with Crippen LogP contribution in [0.1, 0.15) is 30.2 Å². The van der Waals surface area contributed by atoms with Crippen molar-refractivity contribution < 1.29 is 4.74 Å². The number of fused-ring (bicyclic) bond motifs is 1. The summed E-state index contributed by atoms with van der Waals surface area (Å²) in [7, 11) is 0. The van der Waals surface area contributed by atoms with Gasteiger partial charge in [-0.1, -0.05) is 37.6 Å². The Kier molecular flexibility index (Phi) is 3.86. The fraction of sp³-hybridized carbons (Fsp3) is 0.353. The highest BCUT2D eigenvalue weighted by atomic mass is 16.5. The number of rotatable bonds is 5. The van der Waals surface area contributed by atoms with E-state index in [1.54, 1.807) is 0 Å². The summed E-state index contributed by atoms with van der Waals surface area (Å²) < 4.78 is 5.95. The number of pyridine rings is 1. The lowest BCUT2D eigenvalue weighted by Crippen LogP contribution is -2.02. The number of benzene rings is 1. The zero-order chi connectivity index (χ0) is 13.8. The molecule has 104 valence electrons. The number of aryl methyl sites for hydroxylation is 1. The number of aromatic nitrogens is 1. The van der Waals surface area contributed by atoms with Crippen LogP contribution in [0.3, 0.4) is 0 Å². The predicted molar refractivity (Wildman–Crippen MR) is 81.2 cm³/mol. The molecule has 0 spiro atoms. The van der Waals surface area contributed by atoms with Gasteiger partial charge in [-0.3, -0.25) is 0 Å². The molecule has 0 atom stereocenters. The first kappa shape index (κ1) is 13.0. The largest absolute Gasteiger partial charge is 0.487 e. The van der Waals surface area contributed by atoms with Gasteiger partial charge in [-0.05, 0) is 36.1 Å². The van der Waals surface area contributed by atoms with Crippen molar-refractivity contribution >= 4 is 5.82 Å². The number of nitrogens with one attached hydrogen (secondary N) is 1. The van der Waals surface area contributed by atoms with Crippen molar-refractivity contribution in [3.8, 4) is 5.75 Å². The third kappa shape index (κ3) is 2.77. The summed E-state index contributed by atoms with van der Waals surface area (Å²) in [5.41, 5.74) is 3.55. The maximum Gasteiger partial charge on any atom is 0.130 e. The lowest BCUT2D eigenvalue weighted by Gasteiger charge is -2.11. The number of nitrogens with zero attached hydrogens (tertiary/aromatic N) is 1. The van der Waals surface area contributed by atoms with Crippen LogP contribution in [0.4, 0.5) is 5.82 Å². The Morgan fingerprint density at radius 3 is 3.00 bits per heavy atom. The zero-order valence-electron chi connectivity index (χ0n) is 11.9. The Balaban J connectivity index is 1.70. The van der Waals surface area contributed by atoms with Gasteiger partial charge in [0.05, 0.1) is 5.69 Å². The third-order valence-electron chi connectivity index (χ3n) is 3.59. The lowest BCUT2D eigenvalue weighted by atomic mass is 10.1. The van der Waals surface area contributed by atoms with Crippen LogP contribution < -0.4 is 10.1 Å². The summed E-state index contributed by atoms with van der Waals surface area (Å²) in [6.07, 6.45) is 3.25. The average molecular weight is 268 g/mol. The van der Waals surface area contributed by atoms with Crippen molar-refractivity contribution in [2.75, 3.05) is 11.9 Å². The molecule has 0 fully saturated rings. The molecular formula is C17H20N2O. The number of ether oxygens (including phenoxy) is 1. The molecular weight excluding hydrogens is 248 g/mol. The summed E-state index contributed by atoms with van der Waals surface area (Å²) in [5.74, 6) is 2.00. The fourth-order valence-electron chi connectivity index (χ4n) is 2.55. The molecule has 20 heavy (non-hydrogen) atoms. The second kappa shape index (κ2) is 5.95. The molecule has 0 amide bonds. The molecule has 2 heterocycles. The minimum absolute atomic E-state index is 0.523. The fourth-order valence-corrected chi connectivity index (χ4v) is 2.55. The van der Waals surface area contributed by atoms with E-state index in [2.05, 4.69) is 41.5 Å². The van der Waals surface area contributed by atoms with Gasteiger partial charge in [0.2, 0.25) is 0 Å². The van der Waals surface area contributed by atoms with Crippen LogP contribution in [0.2, 0.25) is 0 Å². The van der Waals surface area contributed by atoms with Gasteiger partial charge < -0.3 is 10.1 Å². The maximum absolute atomic E-state index is 5.95. The molecule has 0 saturated carbocycles. The molecule has 3 heteroatoms. The Labute approximate surface area is 120 Å². The number of para-hydroxylation sites is 1. The standard InChI is InChI=1S/C17H20N2O/c1-2-5-13-6-3-4-7-16(13)20-12-15-9-8-14-10-11-18-17(14)19-15/h3-4,6-9H,2,5,10-12H2,1H3,(H,18,19). The van der Waals surface area contributed by atoms with Crippen molar-refractivity contribution in [1.29, 1.82) is 0 Å². The maximum atomic E-state index is 5.95. The molecule has 0 aliphatic carbocycles. The SMILES string of the molecule is CCCc1ccccc1OCc1ccc2c(n1)NCC2. The number of hydrogen-bond donors (Lipinski definition) is 1. The topological polar surface area (TPSA) is 34.1 Å². The van der Waals surface area contributed by atoms with Crippen molar-refractivity contribution in [3.05, 3.63) is 53.2 Å². The van der Waals surface area contributed by atoms with Gasteiger partial charge in [-0.25, -0.2) is 4.98 Å². The summed E-state index contributed by atoms with van der Waals surface area (Å²) in [6, 6.07) is 12.5. The molecule has 1 aliphatic rings. The summed E-state index contributed by atoms with van der Waals surface area (Å²) >= 11 is 0. The first-order valence-electron chi connectivity index (χ1n) is 7.30. The smallest absolute Gasteiger partial charge is 0.130 e. The molecule has 1 aromatic carbocycles. The van der Waals surface area contributed by atoms with E-state index in [0.717, 1.165) is 43.1 Å². The van der Waals surface area contributed by atoms with Gasteiger partial charge in [-0.2, -0.15) is 0 Å². The lowest BCUT2D eigenvalue weighted by molar-refractivity contribution is 0.298. The van der Waals surface area contributed by atoms with Crippen LogP contribution >= 0.6 is 0 Å². The van der Waals surface area contributed by atoms with Crippen molar-refractivity contribution in [2.24, 2.45) is 0 Å². The monoisotopic (exact) mass is 268 g/mol. The summed E-state index contributed by atoms with van der Waals surface area (Å²) in [4.78, 5) is 4.61. The van der Waals surface area contributed by atoms with E-state index in [0.29, 0.717) is 6.61 Å². The van der Waals surface area contributed by atoms with Gasteiger partial charge in [0.15, 0.2) is 0 Å². The predicted octanol–water partition coefficient (Wildman–Crippen LogP) is 3.58. The minimum atomic E-state index is 0.523. The number of anilines is 1. The van der Waals surface area contributed by atoms with E-state index in [1.165, 1.54) is 11.1 Å². The molecule has 0 bridgehead atoms. The van der Waals surface area contributed by atoms with Crippen LogP contribution in [-0.2, 0) is 19.4 Å². The Morgan fingerprint density at radius 1 is 1.20 bits per heavy atom. The second-order valence-corrected chi connectivity index (χ2v) is 5.13. The first-order chi connectivity index (χ1) is 9.86. The molecule has 1 aliphatic heterocycles. The zero-order valence-corrected chi connectivity index (χ0v) is 11.9. The Morgan fingerprint density at radius 2 is 2.10 bits per heavy atom. The van der Waals surface area contributed by atoms with Gasteiger partial charge in [0.25, 0.3) is 0 Å². The van der Waals surface area contributed by atoms with Gasteiger partial charge in [0.1, 0.15) is 18.2 Å². The molecule has 2 aromatic rings. The molecule has 0 unspecified atom stereocenters. The minimum Gasteiger partial charge on any atom is -0.487 e. The number of hydrogen-bond acceptors (Lipinski definition) is 3. The van der Waals surface area contributed by atoms with Crippen LogP contribution in [0, 0.1) is 0 Å². The van der Waals surface area contributed by atoms with Gasteiger partial charge in [-0.15, -0.1) is 0 Å². The van der Waals surface area contributed by atoms with Crippen molar-refractivity contribution in [2.45, 2.75) is 32.8 Å². The van der Waals surface area contributed by atoms with Crippen LogP contribution in [0.5, 0.6) is 5.75 Å². The average Bonchev–Trinajstić information content (AvgIpc) is 2.94. The Hall–Kier alpha value is -2.03. The summed E-state index contributed by atoms with van der Waals surface area (Å²) in [6.45, 7) is 3.70. The summed E-state index contributed by atoms with van der Waals surface area (Å²) in [5, 5.41) is 3.30. The van der Waals surface area contributed by atoms with E-state index in [1.807, 2.05) is 12.1 Å². The van der Waals surface area contributed by atoms with E-state index in [9.17, 15) is 0 Å². The third-order valence-corrected chi connectivity index (χ3v) is 3.59. The van der Waals surface area contributed by atoms with Gasteiger partial charge >= 0.3 is 0 Å². The quantitative estimate of drug-likeness (QED) is 0.900. The first-order valence-corrected chi connectivity index (χ1v) is 7.30. The molecule has 0 radical (unpaired) electrons. The molecule has 3 rings (SSSR count). The molecule has 0 saturated heterocycles. The van der Waals surface area contributed by atoms with Crippen LogP contribution in [-0.4, -0.2) is 11.5 Å². The van der Waals surface area contributed by atoms with Gasteiger partial charge in [0, 0.05) is 6.54 Å². The highest BCUT2D eigenvalue weighted by Crippen LogP contribution is 2.22. The van der Waals surface area contributed by atoms with Crippen LogP contribution in [0.15, 0.2) is 36.4 Å². The van der Waals surface area contributed by atoms with Crippen LogP contribution in [0.25, 0.3) is 0 Å². The van der Waals surface area contributed by atoms with E-state index in [4.69, 9.17) is 4.74 Å². The second-order valence-electron chi connectivity index (χ2n) is 5.13. The van der Waals surface area contributed by atoms with E-state index < -0.39 is 0 Å². The Bertz CT molecular complexity index is 595. The normalized spacial score (nSPS) is 12.8. The highest BCUT2D eigenvalue weighted by molar-refractivity contribution is 5.49. The van der Waals surface area contributed by atoms with Crippen molar-refractivity contribution in [3.63, 3.8) is 0 Å². The van der Waals surface area contributed by atoms with E-state index >= 15 is 0 Å². The molecule has 3 nitrogen and oxygen atoms in total. The molecule has 1 aromatic heterocycles. The highest BCUT2D eigenvalue weighted by Gasteiger charge is 2.12. The van der Waals surface area contributed by atoms with E-state index in [-0.39, 0.29) is 0 Å². The molecule has 1 N–H and O–H groups in total. The van der Waals surface area contributed by atoms with Crippen molar-refractivity contribution in [1.82, 2.24) is 4.98 Å².